The van der Waals surface area contributed by atoms with Crippen LogP contribution in [-0.2, 0) is 21.3 Å². The van der Waals surface area contributed by atoms with Gasteiger partial charge < -0.3 is 24.8 Å². The van der Waals surface area contributed by atoms with E-state index in [9.17, 15) is 0 Å². The van der Waals surface area contributed by atoms with Crippen molar-refractivity contribution in [3.8, 4) is 0 Å². The van der Waals surface area contributed by atoms with Crippen LogP contribution in [0.1, 0.15) is 93.3 Å². The van der Waals surface area contributed by atoms with Crippen LogP contribution in [0.2, 0.25) is 0 Å². The second-order valence-corrected chi connectivity index (χ2v) is 18.1. The Morgan fingerprint density at radius 1 is 0.588 bits per heavy atom. The molecule has 34 heavy (non-hydrogen) atoms. The van der Waals surface area contributed by atoms with Gasteiger partial charge in [0.15, 0.2) is 0 Å². The van der Waals surface area contributed by atoms with Crippen LogP contribution >= 0.6 is 0 Å². The maximum atomic E-state index is 5.04. The molecule has 2 aliphatic carbocycles. The monoisotopic (exact) mass is 572 g/mol. The number of hydrogen-bond donors (Lipinski definition) is 0. The van der Waals surface area contributed by atoms with Crippen molar-refractivity contribution < 1.29 is 46.1 Å². The summed E-state index contributed by atoms with van der Waals surface area (Å²) in [5, 5.41) is 0. The minimum Gasteiger partial charge on any atom is -1.00 e. The topological polar surface area (TPSA) is 0 Å². The van der Waals surface area contributed by atoms with Crippen molar-refractivity contribution >= 4 is 15.4 Å². The zero-order valence-corrected chi connectivity index (χ0v) is 26.6. The van der Waals surface area contributed by atoms with Crippen LogP contribution in [0.3, 0.4) is 0 Å². The average molecular weight is 575 g/mol. The SMILES string of the molecule is [CH2]=[Zr+2]([CH]1C=C(C(C)(C)C)c2cc(C)c(C)cc21)[CH]1C=C(C(C)(C)C)c2cc(C)c(C)cc21.[Cl-].[Cl-]. The van der Waals surface area contributed by atoms with Gasteiger partial charge in [-0.05, 0) is 0 Å². The third-order valence-electron chi connectivity index (χ3n) is 7.66. The van der Waals surface area contributed by atoms with E-state index in [0.717, 1.165) is 0 Å². The molecule has 4 rings (SSSR count). The van der Waals surface area contributed by atoms with Crippen LogP contribution in [0.25, 0.3) is 11.1 Å². The Balaban J connectivity index is 0.00000204. The summed E-state index contributed by atoms with van der Waals surface area (Å²) in [6, 6.07) is 9.87. The zero-order chi connectivity index (χ0) is 23.7. The molecular weight excluding hydrogens is 534 g/mol. The number of halogens is 2. The molecule has 0 bridgehead atoms. The third-order valence-corrected chi connectivity index (χ3v) is 13.9. The van der Waals surface area contributed by atoms with Gasteiger partial charge in [-0.2, -0.15) is 0 Å². The Labute approximate surface area is 228 Å². The predicted octanol–water partition coefficient (Wildman–Crippen LogP) is 2.65. The summed E-state index contributed by atoms with van der Waals surface area (Å²) in [6.07, 6.45) is 5.27. The maximum absolute atomic E-state index is 5.04. The first kappa shape index (κ1) is 29.5. The Kier molecular flexibility index (Phi) is 8.63. The number of hydrogen-bond acceptors (Lipinski definition) is 0. The molecule has 0 spiro atoms. The van der Waals surface area contributed by atoms with Crippen molar-refractivity contribution in [2.45, 2.75) is 76.5 Å². The molecule has 2 aromatic carbocycles. The summed E-state index contributed by atoms with van der Waals surface area (Å²) in [6.45, 7) is 23.2. The molecule has 0 N–H and O–H groups in total. The van der Waals surface area contributed by atoms with Gasteiger partial charge in [0.05, 0.1) is 0 Å². The molecule has 0 saturated carbocycles. The van der Waals surface area contributed by atoms with Crippen LogP contribution < -0.4 is 24.8 Å². The van der Waals surface area contributed by atoms with E-state index in [0.29, 0.717) is 7.25 Å². The zero-order valence-electron chi connectivity index (χ0n) is 22.6. The fourth-order valence-corrected chi connectivity index (χ4v) is 11.4. The third kappa shape index (κ3) is 5.05. The van der Waals surface area contributed by atoms with Gasteiger partial charge in [0.1, 0.15) is 0 Å². The van der Waals surface area contributed by atoms with E-state index in [-0.39, 0.29) is 35.6 Å². The number of benzene rings is 2. The Hall–Kier alpha value is -0.747. The summed E-state index contributed by atoms with van der Waals surface area (Å²) >= 11 is -2.20. The van der Waals surface area contributed by atoms with E-state index in [4.69, 9.17) is 4.21 Å². The quantitative estimate of drug-likeness (QED) is 0.518. The van der Waals surface area contributed by atoms with Crippen molar-refractivity contribution in [1.29, 1.82) is 0 Å². The summed E-state index contributed by atoms with van der Waals surface area (Å²) < 4.78 is 6.12. The Bertz CT molecular complexity index is 1110. The van der Waals surface area contributed by atoms with Crippen molar-refractivity contribution in [1.82, 2.24) is 0 Å². The first-order valence-corrected chi connectivity index (χ1v) is 16.6. The molecule has 2 unspecified atom stereocenters. The van der Waals surface area contributed by atoms with Crippen LogP contribution in [-0.4, -0.2) is 4.21 Å². The average Bonchev–Trinajstić information content (AvgIpc) is 3.20. The molecule has 2 aliphatic rings. The summed E-state index contributed by atoms with van der Waals surface area (Å²) in [7, 11) is 0. The van der Waals surface area contributed by atoms with Gasteiger partial charge in [-0.25, -0.2) is 0 Å². The van der Waals surface area contributed by atoms with Gasteiger partial charge in [-0.1, -0.05) is 0 Å². The maximum Gasteiger partial charge on any atom is -1.00 e. The molecule has 0 amide bonds. The van der Waals surface area contributed by atoms with E-state index in [2.05, 4.69) is 106 Å². The number of allylic oxidation sites excluding steroid dienone is 4. The standard InChI is InChI=1S/2C15H19.CH2.2ClH.Zr/c2*1-10-8-12-6-7-14(15(3,4)5)13(12)9-11(10)2;;;;/h2*6-9H,1-5H3;1H2;2*1H;/q;;;;;+2/p-2. The Morgan fingerprint density at radius 3 is 1.18 bits per heavy atom. The number of fused-ring (bicyclic) bond motifs is 2. The molecule has 0 fully saturated rings. The van der Waals surface area contributed by atoms with Crippen LogP contribution in [0.5, 0.6) is 0 Å². The minimum absolute atomic E-state index is 0. The predicted molar refractivity (Wildman–Crippen MR) is 139 cm³/mol. The molecule has 0 heterocycles. The fourth-order valence-electron chi connectivity index (χ4n) is 5.47. The molecule has 0 radical (unpaired) electrons. The van der Waals surface area contributed by atoms with E-state index in [1.807, 2.05) is 0 Å². The largest absolute Gasteiger partial charge is 1.00 e. The molecule has 3 heteroatoms. The number of rotatable bonds is 2. The van der Waals surface area contributed by atoms with E-state index in [1.165, 1.54) is 44.5 Å². The summed E-state index contributed by atoms with van der Waals surface area (Å²) in [4.78, 5) is 0. The molecule has 2 atom stereocenters. The molecule has 0 aromatic heterocycles. The van der Waals surface area contributed by atoms with Crippen molar-refractivity contribution in [2.24, 2.45) is 10.8 Å². The summed E-state index contributed by atoms with van der Waals surface area (Å²) in [5.74, 6) is 0. The van der Waals surface area contributed by atoms with Gasteiger partial charge >= 0.3 is 205 Å². The normalized spacial score (nSPS) is 18.6. The van der Waals surface area contributed by atoms with Gasteiger partial charge in [0.2, 0.25) is 0 Å². The smallest absolute Gasteiger partial charge is 1.00 e. The second-order valence-electron chi connectivity index (χ2n) is 12.2. The van der Waals surface area contributed by atoms with Gasteiger partial charge in [0, 0.05) is 0 Å². The van der Waals surface area contributed by atoms with Crippen molar-refractivity contribution in [3.05, 3.63) is 80.9 Å². The molecule has 2 aromatic rings. The molecule has 0 nitrogen and oxygen atoms in total. The first-order chi connectivity index (χ1) is 14.7. The minimum atomic E-state index is -2.20. The van der Waals surface area contributed by atoms with Gasteiger partial charge in [-0.3, -0.25) is 0 Å². The van der Waals surface area contributed by atoms with E-state index in [1.54, 1.807) is 11.1 Å². The van der Waals surface area contributed by atoms with Crippen LogP contribution in [0.15, 0.2) is 36.4 Å². The first-order valence-electron chi connectivity index (χ1n) is 12.1. The molecular formula is C31H40Cl2Zr. The second kappa shape index (κ2) is 9.96. The van der Waals surface area contributed by atoms with Gasteiger partial charge in [-0.15, -0.1) is 0 Å². The van der Waals surface area contributed by atoms with E-state index < -0.39 is 21.3 Å². The summed E-state index contributed by atoms with van der Waals surface area (Å²) in [5.41, 5.74) is 15.1. The van der Waals surface area contributed by atoms with Gasteiger partial charge in [0.25, 0.3) is 0 Å². The molecule has 0 aliphatic heterocycles. The Morgan fingerprint density at radius 2 is 0.882 bits per heavy atom. The van der Waals surface area contributed by atoms with Crippen LogP contribution in [0.4, 0.5) is 0 Å². The van der Waals surface area contributed by atoms with Crippen molar-refractivity contribution in [3.63, 3.8) is 0 Å². The van der Waals surface area contributed by atoms with Crippen molar-refractivity contribution in [2.75, 3.05) is 0 Å². The fraction of sp³-hybridized carbons (Fsp3) is 0.452. The van der Waals surface area contributed by atoms with E-state index >= 15 is 0 Å². The molecule has 0 saturated heterocycles. The number of aryl methyl sites for hydroxylation is 4. The molecule has 182 valence electrons. The van der Waals surface area contributed by atoms with Crippen LogP contribution in [0, 0.1) is 38.5 Å².